The summed E-state index contributed by atoms with van der Waals surface area (Å²) in [6, 6.07) is 0.241. The van der Waals surface area contributed by atoms with Gasteiger partial charge in [0.25, 0.3) is 11.8 Å². The van der Waals surface area contributed by atoms with Gasteiger partial charge in [-0.05, 0) is 13.3 Å². The molecule has 2 aliphatic carbocycles. The second-order valence-corrected chi connectivity index (χ2v) is 8.33. The summed E-state index contributed by atoms with van der Waals surface area (Å²) in [5.74, 6) is -3.24. The van der Waals surface area contributed by atoms with Gasteiger partial charge in [0.15, 0.2) is 5.69 Å². The summed E-state index contributed by atoms with van der Waals surface area (Å²) in [5.41, 5.74) is 1.05. The lowest BCUT2D eigenvalue weighted by atomic mass is 9.87. The second-order valence-electron chi connectivity index (χ2n) is 8.33. The van der Waals surface area contributed by atoms with Crippen molar-refractivity contribution in [2.24, 2.45) is 17.3 Å². The highest BCUT2D eigenvalue weighted by molar-refractivity contribution is 6.04. The van der Waals surface area contributed by atoms with E-state index in [1.807, 2.05) is 4.68 Å². The molecule has 0 spiro atoms. The first-order valence-electron chi connectivity index (χ1n) is 9.31. The molecule has 7 nitrogen and oxygen atoms in total. The third-order valence-corrected chi connectivity index (χ3v) is 6.78. The number of nitrogens with one attached hydrogen (secondary N) is 3. The van der Waals surface area contributed by atoms with Crippen LogP contribution in [-0.4, -0.2) is 44.9 Å². The standard InChI is InChI=1S/C18H22F2N6O/c1-9(10-5-21-6-10)26-8-11(7-22-26)23-16(27)15-12-3-14-17(2,18(14,19)20)4-13(12)24-25-15/h7-10,14,21H,3-6H2,1-2H3,(H,23,27)(H,24,25). The van der Waals surface area contributed by atoms with Gasteiger partial charge in [-0.15, -0.1) is 0 Å². The van der Waals surface area contributed by atoms with Crippen molar-refractivity contribution in [2.45, 2.75) is 38.7 Å². The number of halogens is 2. The van der Waals surface area contributed by atoms with E-state index in [1.165, 1.54) is 0 Å². The number of hydrogen-bond donors (Lipinski definition) is 3. The van der Waals surface area contributed by atoms with E-state index in [-0.39, 0.29) is 24.6 Å². The molecule has 2 aromatic heterocycles. The van der Waals surface area contributed by atoms with Crippen molar-refractivity contribution in [3.8, 4) is 0 Å². The minimum absolute atomic E-state index is 0.184. The van der Waals surface area contributed by atoms with Crippen LogP contribution >= 0.6 is 0 Å². The Morgan fingerprint density at radius 1 is 1.44 bits per heavy atom. The number of anilines is 1. The second kappa shape index (κ2) is 5.37. The van der Waals surface area contributed by atoms with E-state index < -0.39 is 23.2 Å². The molecule has 9 heteroatoms. The molecule has 144 valence electrons. The van der Waals surface area contributed by atoms with E-state index in [9.17, 15) is 13.6 Å². The molecule has 5 rings (SSSR count). The first kappa shape index (κ1) is 16.9. The third kappa shape index (κ3) is 2.30. The molecular weight excluding hydrogens is 354 g/mol. The largest absolute Gasteiger partial charge is 0.318 e. The minimum atomic E-state index is -2.67. The molecule has 27 heavy (non-hydrogen) atoms. The van der Waals surface area contributed by atoms with Crippen LogP contribution in [0.3, 0.4) is 0 Å². The minimum Gasteiger partial charge on any atom is -0.318 e. The number of aromatic amines is 1. The van der Waals surface area contributed by atoms with Gasteiger partial charge < -0.3 is 10.6 Å². The maximum absolute atomic E-state index is 14.0. The Bertz CT molecular complexity index is 917. The molecule has 3 N–H and O–H groups in total. The van der Waals surface area contributed by atoms with Crippen LogP contribution in [0, 0.1) is 17.3 Å². The SMILES string of the molecule is CC(C1CNC1)n1cc(NC(=O)c2n[nH]c3c2CC2C(F)(F)C2(C)C3)cn1. The summed E-state index contributed by atoms with van der Waals surface area (Å²) < 4.78 is 29.9. The average molecular weight is 376 g/mol. The van der Waals surface area contributed by atoms with Crippen molar-refractivity contribution in [2.75, 3.05) is 18.4 Å². The Balaban J connectivity index is 1.32. The number of aromatic nitrogens is 4. The van der Waals surface area contributed by atoms with Crippen LogP contribution in [0.25, 0.3) is 0 Å². The van der Waals surface area contributed by atoms with Gasteiger partial charge in [0, 0.05) is 54.2 Å². The van der Waals surface area contributed by atoms with E-state index in [1.54, 1.807) is 19.3 Å². The summed E-state index contributed by atoms with van der Waals surface area (Å²) >= 11 is 0. The Kier molecular flexibility index (Phi) is 3.35. The fourth-order valence-electron chi connectivity index (χ4n) is 4.48. The number of fused-ring (bicyclic) bond motifs is 2. The zero-order valence-corrected chi connectivity index (χ0v) is 15.2. The molecule has 1 saturated heterocycles. The number of carbonyl (C=O) groups is 1. The molecule has 3 heterocycles. The van der Waals surface area contributed by atoms with Crippen molar-refractivity contribution in [3.63, 3.8) is 0 Å². The smallest absolute Gasteiger partial charge is 0.276 e. The Hall–Kier alpha value is -2.29. The third-order valence-electron chi connectivity index (χ3n) is 6.78. The van der Waals surface area contributed by atoms with Crippen molar-refractivity contribution in [1.82, 2.24) is 25.3 Å². The monoisotopic (exact) mass is 376 g/mol. The van der Waals surface area contributed by atoms with Gasteiger partial charge in [-0.2, -0.15) is 10.2 Å². The summed E-state index contributed by atoms with van der Waals surface area (Å²) in [6.45, 7) is 5.63. The van der Waals surface area contributed by atoms with Crippen LogP contribution in [-0.2, 0) is 12.8 Å². The van der Waals surface area contributed by atoms with E-state index in [0.717, 1.165) is 13.1 Å². The van der Waals surface area contributed by atoms with Crippen LogP contribution in [0.15, 0.2) is 12.4 Å². The summed E-state index contributed by atoms with van der Waals surface area (Å²) in [7, 11) is 0. The number of carbonyl (C=O) groups excluding carboxylic acids is 1. The van der Waals surface area contributed by atoms with Gasteiger partial charge in [0.1, 0.15) is 0 Å². The lowest BCUT2D eigenvalue weighted by Gasteiger charge is -2.32. The van der Waals surface area contributed by atoms with Crippen LogP contribution in [0.4, 0.5) is 14.5 Å². The predicted octanol–water partition coefficient (Wildman–Crippen LogP) is 2.01. The maximum Gasteiger partial charge on any atom is 0.276 e. The highest BCUT2D eigenvalue weighted by Gasteiger charge is 2.78. The average Bonchev–Trinajstić information content (AvgIpc) is 3.01. The Morgan fingerprint density at radius 2 is 2.22 bits per heavy atom. The molecule has 1 saturated carbocycles. The van der Waals surface area contributed by atoms with Gasteiger partial charge in [0.05, 0.1) is 17.9 Å². The van der Waals surface area contributed by atoms with Crippen LogP contribution in [0.5, 0.6) is 0 Å². The van der Waals surface area contributed by atoms with Crippen molar-refractivity contribution in [3.05, 3.63) is 29.3 Å². The fourth-order valence-corrected chi connectivity index (χ4v) is 4.48. The number of nitrogens with zero attached hydrogens (tertiary/aromatic N) is 3. The van der Waals surface area contributed by atoms with Crippen LogP contribution in [0.1, 0.15) is 41.6 Å². The molecule has 3 atom stereocenters. The lowest BCUT2D eigenvalue weighted by molar-refractivity contribution is 0.0631. The predicted molar refractivity (Wildman–Crippen MR) is 93.8 cm³/mol. The molecule has 2 aromatic rings. The number of H-pyrrole nitrogens is 1. The van der Waals surface area contributed by atoms with Crippen molar-refractivity contribution < 1.29 is 13.6 Å². The van der Waals surface area contributed by atoms with Crippen molar-refractivity contribution in [1.29, 1.82) is 0 Å². The molecule has 0 bridgehead atoms. The topological polar surface area (TPSA) is 87.6 Å². The summed E-state index contributed by atoms with van der Waals surface area (Å²) in [6.07, 6.45) is 3.81. The summed E-state index contributed by atoms with van der Waals surface area (Å²) in [4.78, 5) is 12.7. The van der Waals surface area contributed by atoms with Gasteiger partial charge in [-0.25, -0.2) is 8.78 Å². The van der Waals surface area contributed by atoms with E-state index >= 15 is 0 Å². The van der Waals surface area contributed by atoms with Gasteiger partial charge in [-0.1, -0.05) is 6.92 Å². The molecule has 2 fully saturated rings. The quantitative estimate of drug-likeness (QED) is 0.762. The lowest BCUT2D eigenvalue weighted by Crippen LogP contribution is -2.46. The fraction of sp³-hybridized carbons (Fsp3) is 0.611. The van der Waals surface area contributed by atoms with Gasteiger partial charge >= 0.3 is 0 Å². The van der Waals surface area contributed by atoms with Gasteiger partial charge in [0.2, 0.25) is 0 Å². The van der Waals surface area contributed by atoms with Crippen LogP contribution < -0.4 is 10.6 Å². The molecule has 1 aliphatic heterocycles. The highest BCUT2D eigenvalue weighted by atomic mass is 19.3. The van der Waals surface area contributed by atoms with E-state index in [0.29, 0.717) is 22.9 Å². The van der Waals surface area contributed by atoms with E-state index in [2.05, 4.69) is 32.9 Å². The Labute approximate surface area is 154 Å². The molecular formula is C18H22F2N6O. The normalized spacial score (nSPS) is 29.4. The van der Waals surface area contributed by atoms with E-state index in [4.69, 9.17) is 0 Å². The zero-order valence-electron chi connectivity index (χ0n) is 15.2. The zero-order chi connectivity index (χ0) is 19.0. The van der Waals surface area contributed by atoms with Gasteiger partial charge in [-0.3, -0.25) is 14.6 Å². The molecule has 3 unspecified atom stereocenters. The number of hydrogen-bond acceptors (Lipinski definition) is 4. The molecule has 0 aromatic carbocycles. The Morgan fingerprint density at radius 3 is 2.93 bits per heavy atom. The highest BCUT2D eigenvalue weighted by Crippen LogP contribution is 2.70. The number of rotatable bonds is 4. The summed E-state index contributed by atoms with van der Waals surface area (Å²) in [5, 5.41) is 17.3. The first-order valence-corrected chi connectivity index (χ1v) is 9.31. The first-order chi connectivity index (χ1) is 12.8. The molecule has 1 amide bonds. The number of alkyl halides is 2. The maximum atomic E-state index is 14.0. The molecule has 3 aliphatic rings. The van der Waals surface area contributed by atoms with Crippen LogP contribution in [0.2, 0.25) is 0 Å². The van der Waals surface area contributed by atoms with Crippen molar-refractivity contribution >= 4 is 11.6 Å². The number of amides is 1. The molecule has 0 radical (unpaired) electrons.